The average Bonchev–Trinajstić information content (AvgIpc) is 3.23. The second-order valence-electron chi connectivity index (χ2n) is 7.07. The quantitative estimate of drug-likeness (QED) is 0.399. The van der Waals surface area contributed by atoms with Gasteiger partial charge in [-0.3, -0.25) is 0 Å². The Hall–Kier alpha value is -3.30. The molecule has 0 radical (unpaired) electrons. The molecule has 1 aliphatic rings. The zero-order valence-electron chi connectivity index (χ0n) is 16.2. The fourth-order valence-corrected chi connectivity index (χ4v) is 4.78. The molecule has 3 heteroatoms. The summed E-state index contributed by atoms with van der Waals surface area (Å²) in [5, 5.41) is 4.81. The molecule has 0 saturated heterocycles. The Balaban J connectivity index is 1.50. The van der Waals surface area contributed by atoms with Crippen LogP contribution in [0.25, 0.3) is 33.2 Å². The van der Waals surface area contributed by atoms with Gasteiger partial charge in [-0.15, -0.1) is 11.3 Å². The van der Waals surface area contributed by atoms with Crippen LogP contribution in [-0.4, -0.2) is 13.7 Å². The molecular formula is C26H21NOS. The number of hydrogen-bond donors (Lipinski definition) is 1. The molecule has 0 fully saturated rings. The van der Waals surface area contributed by atoms with Gasteiger partial charge >= 0.3 is 0 Å². The molecule has 3 aromatic carbocycles. The monoisotopic (exact) mass is 395 g/mol. The second-order valence-corrected chi connectivity index (χ2v) is 8.12. The number of fused-ring (bicyclic) bond motifs is 1. The minimum absolute atomic E-state index is 0.854. The Labute approximate surface area is 175 Å². The van der Waals surface area contributed by atoms with Gasteiger partial charge in [0.2, 0.25) is 0 Å². The van der Waals surface area contributed by atoms with Crippen molar-refractivity contribution in [1.82, 2.24) is 0 Å². The Morgan fingerprint density at radius 1 is 0.793 bits per heavy atom. The Kier molecular flexibility index (Phi) is 4.66. The van der Waals surface area contributed by atoms with Gasteiger partial charge in [0.1, 0.15) is 5.75 Å². The molecule has 2 nitrogen and oxygen atoms in total. The summed E-state index contributed by atoms with van der Waals surface area (Å²) in [4.78, 5) is 1.24. The van der Waals surface area contributed by atoms with Gasteiger partial charge in [0.25, 0.3) is 0 Å². The van der Waals surface area contributed by atoms with Crippen molar-refractivity contribution in [1.29, 1.82) is 0 Å². The lowest BCUT2D eigenvalue weighted by molar-refractivity contribution is 0.416. The van der Waals surface area contributed by atoms with E-state index in [0.717, 1.165) is 17.9 Å². The molecule has 0 atom stereocenters. The first kappa shape index (κ1) is 17.8. The van der Waals surface area contributed by atoms with E-state index in [1.165, 1.54) is 37.7 Å². The maximum absolute atomic E-state index is 5.72. The third-order valence-corrected chi connectivity index (χ3v) is 6.40. The van der Waals surface area contributed by atoms with Crippen molar-refractivity contribution in [2.75, 3.05) is 19.0 Å². The number of ether oxygens (including phenoxy) is 1. The molecule has 0 amide bonds. The zero-order valence-corrected chi connectivity index (χ0v) is 17.0. The van der Waals surface area contributed by atoms with Crippen LogP contribution in [0.4, 0.5) is 5.00 Å². The van der Waals surface area contributed by atoms with Crippen LogP contribution in [0.3, 0.4) is 0 Å². The fraction of sp³-hybridized carbons (Fsp3) is 0.0769. The van der Waals surface area contributed by atoms with Crippen LogP contribution in [0.5, 0.6) is 5.75 Å². The van der Waals surface area contributed by atoms with E-state index in [1.807, 2.05) is 6.07 Å². The highest BCUT2D eigenvalue weighted by Gasteiger charge is 2.16. The van der Waals surface area contributed by atoms with Crippen LogP contribution in [0, 0.1) is 0 Å². The molecule has 0 bridgehead atoms. The van der Waals surface area contributed by atoms with Gasteiger partial charge in [0.15, 0.2) is 0 Å². The van der Waals surface area contributed by atoms with Crippen molar-refractivity contribution in [3.05, 3.63) is 96.1 Å². The number of nitrogens with one attached hydrogen (secondary N) is 1. The predicted molar refractivity (Wildman–Crippen MR) is 125 cm³/mol. The molecule has 1 N–H and O–H groups in total. The van der Waals surface area contributed by atoms with E-state index in [9.17, 15) is 0 Å². The molecule has 0 saturated carbocycles. The SMILES string of the molecule is COc1cc(-c2cc3c(s2)NCC(c2ccccc2)=C3)ccc1-c1ccccc1. The molecule has 0 aliphatic carbocycles. The molecule has 0 spiro atoms. The van der Waals surface area contributed by atoms with Crippen molar-refractivity contribution in [3.8, 4) is 27.3 Å². The maximum Gasteiger partial charge on any atom is 0.127 e. The topological polar surface area (TPSA) is 21.3 Å². The molecule has 1 aliphatic heterocycles. The van der Waals surface area contributed by atoms with E-state index < -0.39 is 0 Å². The van der Waals surface area contributed by atoms with E-state index in [1.54, 1.807) is 18.4 Å². The van der Waals surface area contributed by atoms with Crippen LogP contribution in [-0.2, 0) is 0 Å². The molecule has 2 heterocycles. The van der Waals surface area contributed by atoms with Gasteiger partial charge in [0.05, 0.1) is 12.1 Å². The second kappa shape index (κ2) is 7.61. The molecule has 142 valence electrons. The largest absolute Gasteiger partial charge is 0.496 e. The van der Waals surface area contributed by atoms with Gasteiger partial charge < -0.3 is 10.1 Å². The number of benzene rings is 3. The van der Waals surface area contributed by atoms with Crippen LogP contribution in [0.1, 0.15) is 11.1 Å². The van der Waals surface area contributed by atoms with Gasteiger partial charge in [0, 0.05) is 22.5 Å². The number of rotatable bonds is 4. The first-order valence-corrected chi connectivity index (χ1v) is 10.5. The van der Waals surface area contributed by atoms with Crippen molar-refractivity contribution in [2.45, 2.75) is 0 Å². The van der Waals surface area contributed by atoms with Crippen LogP contribution < -0.4 is 10.1 Å². The average molecular weight is 396 g/mol. The highest BCUT2D eigenvalue weighted by molar-refractivity contribution is 7.19. The first-order chi connectivity index (χ1) is 14.3. The molecular weight excluding hydrogens is 374 g/mol. The lowest BCUT2D eigenvalue weighted by atomic mass is 10.00. The minimum Gasteiger partial charge on any atom is -0.496 e. The minimum atomic E-state index is 0.854. The maximum atomic E-state index is 5.72. The third kappa shape index (κ3) is 3.45. The van der Waals surface area contributed by atoms with Crippen molar-refractivity contribution < 1.29 is 4.74 Å². The van der Waals surface area contributed by atoms with Crippen molar-refractivity contribution in [2.24, 2.45) is 0 Å². The van der Waals surface area contributed by atoms with Crippen LogP contribution >= 0.6 is 11.3 Å². The molecule has 5 rings (SSSR count). The van der Waals surface area contributed by atoms with Gasteiger partial charge in [-0.1, -0.05) is 72.8 Å². The highest BCUT2D eigenvalue weighted by atomic mass is 32.1. The lowest BCUT2D eigenvalue weighted by Gasteiger charge is -2.15. The number of methoxy groups -OCH3 is 1. The number of hydrogen-bond acceptors (Lipinski definition) is 3. The zero-order chi connectivity index (χ0) is 19.6. The Bertz CT molecular complexity index is 1180. The van der Waals surface area contributed by atoms with E-state index in [2.05, 4.69) is 90.3 Å². The molecule has 29 heavy (non-hydrogen) atoms. The number of thiophene rings is 1. The Morgan fingerprint density at radius 3 is 2.24 bits per heavy atom. The molecule has 4 aromatic rings. The van der Waals surface area contributed by atoms with Gasteiger partial charge in [-0.05, 0) is 40.5 Å². The van der Waals surface area contributed by atoms with Crippen molar-refractivity contribution in [3.63, 3.8) is 0 Å². The van der Waals surface area contributed by atoms with Crippen LogP contribution in [0.2, 0.25) is 0 Å². The highest BCUT2D eigenvalue weighted by Crippen LogP contribution is 2.42. The predicted octanol–water partition coefficient (Wildman–Crippen LogP) is 7.06. The lowest BCUT2D eigenvalue weighted by Crippen LogP contribution is -2.07. The number of anilines is 1. The van der Waals surface area contributed by atoms with E-state index in [-0.39, 0.29) is 0 Å². The van der Waals surface area contributed by atoms with Gasteiger partial charge in [-0.25, -0.2) is 0 Å². The van der Waals surface area contributed by atoms with Crippen molar-refractivity contribution >= 4 is 28.0 Å². The normalized spacial score (nSPS) is 12.7. The Morgan fingerprint density at radius 2 is 1.52 bits per heavy atom. The summed E-state index contributed by atoms with van der Waals surface area (Å²) in [5.41, 5.74) is 7.30. The van der Waals surface area contributed by atoms with Gasteiger partial charge in [-0.2, -0.15) is 0 Å². The summed E-state index contributed by atoms with van der Waals surface area (Å²) < 4.78 is 5.72. The third-order valence-electron chi connectivity index (χ3n) is 5.25. The summed E-state index contributed by atoms with van der Waals surface area (Å²) >= 11 is 1.80. The summed E-state index contributed by atoms with van der Waals surface area (Å²) in [6.45, 7) is 0.854. The standard InChI is InChI=1S/C26H21NOS/c1-28-24-15-20(12-13-23(24)19-10-6-3-7-11-19)25-16-21-14-22(17-27-26(21)29-25)18-8-4-2-5-9-18/h2-16,27H,17H2,1H3. The summed E-state index contributed by atoms with van der Waals surface area (Å²) in [5.74, 6) is 0.897. The van der Waals surface area contributed by atoms with E-state index in [4.69, 9.17) is 4.74 Å². The summed E-state index contributed by atoms with van der Waals surface area (Å²) in [6, 6.07) is 29.7. The van der Waals surface area contributed by atoms with E-state index in [0.29, 0.717) is 0 Å². The summed E-state index contributed by atoms with van der Waals surface area (Å²) in [6.07, 6.45) is 2.30. The smallest absolute Gasteiger partial charge is 0.127 e. The fourth-order valence-electron chi connectivity index (χ4n) is 3.75. The van der Waals surface area contributed by atoms with Crippen LogP contribution in [0.15, 0.2) is 84.9 Å². The summed E-state index contributed by atoms with van der Waals surface area (Å²) in [7, 11) is 1.74. The van der Waals surface area contributed by atoms with E-state index >= 15 is 0 Å². The first-order valence-electron chi connectivity index (χ1n) is 9.69. The molecule has 0 unspecified atom stereocenters. The molecule has 1 aromatic heterocycles.